The van der Waals surface area contributed by atoms with Gasteiger partial charge in [0.05, 0.1) is 39.9 Å². The lowest BCUT2D eigenvalue weighted by Crippen LogP contribution is -2.45. The maximum Gasteiger partial charge on any atom is 0.472 e. The Morgan fingerprint density at radius 3 is 1.36 bits per heavy atom. The monoisotopic (exact) mass is 852 g/mol. The third-order valence-corrected chi connectivity index (χ3v) is 11.7. The molecule has 0 spiro atoms. The molecule has 3 unspecified atom stereocenters. The van der Waals surface area contributed by atoms with Gasteiger partial charge in [-0.3, -0.25) is 13.8 Å². The van der Waals surface area contributed by atoms with Gasteiger partial charge in [0.25, 0.3) is 0 Å². The summed E-state index contributed by atoms with van der Waals surface area (Å²) in [7, 11) is 1.54. The normalized spacial score (nSPS) is 14.6. The number of phosphoric ester groups is 1. The Labute approximate surface area is 365 Å². The predicted octanol–water partition coefficient (Wildman–Crippen LogP) is 14.0. The van der Waals surface area contributed by atoms with Crippen LogP contribution in [-0.2, 0) is 18.4 Å². The van der Waals surface area contributed by atoms with E-state index in [0.29, 0.717) is 17.4 Å². The highest BCUT2D eigenvalue weighted by Crippen LogP contribution is 2.43. The fraction of sp³-hybridized carbons (Fsp3) is 0.820. The van der Waals surface area contributed by atoms with Gasteiger partial charge >= 0.3 is 7.82 Å². The number of unbranched alkanes of at least 4 members (excludes halogenated alkanes) is 25. The summed E-state index contributed by atoms with van der Waals surface area (Å²) >= 11 is 0. The SMILES string of the molecule is CCCCCCCCCCC/C=C\CCCCCCCC(=O)NC(COP(=O)(O)OCC[N+](C)(C)C)C(O)/C=C/CC/C=C/CC/C=C/CCCCCCCCCCC. The zero-order chi connectivity index (χ0) is 43.6. The molecule has 0 aliphatic rings. The number of phosphoric acid groups is 1. The summed E-state index contributed by atoms with van der Waals surface area (Å²) in [5.41, 5.74) is 0. The van der Waals surface area contributed by atoms with Crippen LogP contribution in [0, 0.1) is 0 Å². The van der Waals surface area contributed by atoms with Crippen LogP contribution in [-0.4, -0.2) is 73.4 Å². The second-order valence-electron chi connectivity index (χ2n) is 17.8. The first-order valence-electron chi connectivity index (χ1n) is 24.5. The molecule has 0 rings (SSSR count). The number of amides is 1. The van der Waals surface area contributed by atoms with E-state index in [9.17, 15) is 19.4 Å². The van der Waals surface area contributed by atoms with Gasteiger partial charge in [-0.2, -0.15) is 0 Å². The minimum atomic E-state index is -4.35. The molecular weight excluding hydrogens is 756 g/mol. The maximum absolute atomic E-state index is 12.9. The summed E-state index contributed by atoms with van der Waals surface area (Å²) in [6, 6.07) is -0.874. The number of hydrogen-bond acceptors (Lipinski definition) is 5. The molecule has 0 aliphatic heterocycles. The largest absolute Gasteiger partial charge is 0.472 e. The number of likely N-dealkylation sites (N-methyl/N-ethyl adjacent to an activating group) is 1. The van der Waals surface area contributed by atoms with E-state index in [1.165, 1.54) is 135 Å². The first-order valence-corrected chi connectivity index (χ1v) is 26.0. The molecule has 0 radical (unpaired) electrons. The number of hydrogen-bond donors (Lipinski definition) is 3. The van der Waals surface area contributed by atoms with Crippen LogP contribution >= 0.6 is 7.82 Å². The van der Waals surface area contributed by atoms with Crippen molar-refractivity contribution in [3.05, 3.63) is 48.6 Å². The molecule has 0 aliphatic carbocycles. The molecule has 3 N–H and O–H groups in total. The van der Waals surface area contributed by atoms with E-state index in [2.05, 4.69) is 55.6 Å². The number of aliphatic hydroxyl groups is 1. The van der Waals surface area contributed by atoms with Crippen molar-refractivity contribution < 1.29 is 32.9 Å². The average Bonchev–Trinajstić information content (AvgIpc) is 3.19. The topological polar surface area (TPSA) is 105 Å². The summed E-state index contributed by atoms with van der Waals surface area (Å²) in [4.78, 5) is 23.2. The number of carbonyl (C=O) groups excluding carboxylic acids is 1. The zero-order valence-corrected chi connectivity index (χ0v) is 40.1. The fourth-order valence-corrected chi connectivity index (χ4v) is 7.57. The van der Waals surface area contributed by atoms with Gasteiger partial charge in [-0.1, -0.05) is 184 Å². The van der Waals surface area contributed by atoms with Crippen LogP contribution in [0.15, 0.2) is 48.6 Å². The minimum absolute atomic E-state index is 0.0512. The Morgan fingerprint density at radius 1 is 0.559 bits per heavy atom. The molecule has 9 heteroatoms. The molecule has 0 aromatic carbocycles. The third kappa shape index (κ3) is 44.3. The van der Waals surface area contributed by atoms with Crippen molar-refractivity contribution in [2.24, 2.45) is 0 Å². The van der Waals surface area contributed by atoms with E-state index in [0.717, 1.165) is 57.8 Å². The number of nitrogens with one attached hydrogen (secondary N) is 1. The summed E-state index contributed by atoms with van der Waals surface area (Å²) < 4.78 is 23.6. The van der Waals surface area contributed by atoms with Crippen LogP contribution in [0.3, 0.4) is 0 Å². The summed E-state index contributed by atoms with van der Waals surface area (Å²) in [6.07, 6.45) is 53.3. The van der Waals surface area contributed by atoms with Gasteiger partial charge in [-0.25, -0.2) is 4.57 Å². The van der Waals surface area contributed by atoms with Crippen LogP contribution in [0.1, 0.15) is 213 Å². The molecule has 8 nitrogen and oxygen atoms in total. The van der Waals surface area contributed by atoms with Crippen LogP contribution in [0.4, 0.5) is 0 Å². The molecule has 0 aromatic rings. The maximum atomic E-state index is 12.9. The molecule has 59 heavy (non-hydrogen) atoms. The minimum Gasteiger partial charge on any atom is -0.387 e. The Kier molecular flexibility index (Phi) is 40.7. The molecule has 3 atom stereocenters. The molecule has 0 bridgehead atoms. The number of aliphatic hydroxyl groups excluding tert-OH is 1. The number of allylic oxidation sites excluding steroid dienone is 7. The average molecular weight is 852 g/mol. The van der Waals surface area contributed by atoms with Gasteiger partial charge in [0.1, 0.15) is 13.2 Å². The van der Waals surface area contributed by atoms with Gasteiger partial charge in [0, 0.05) is 6.42 Å². The van der Waals surface area contributed by atoms with Crippen molar-refractivity contribution in [3.63, 3.8) is 0 Å². The van der Waals surface area contributed by atoms with E-state index in [1.807, 2.05) is 27.2 Å². The number of quaternary nitrogens is 1. The van der Waals surface area contributed by atoms with Gasteiger partial charge < -0.3 is 19.8 Å². The molecule has 0 heterocycles. The van der Waals surface area contributed by atoms with Crippen molar-refractivity contribution in [1.29, 1.82) is 0 Å². The van der Waals surface area contributed by atoms with Crippen molar-refractivity contribution >= 4 is 13.7 Å². The predicted molar refractivity (Wildman–Crippen MR) is 254 cm³/mol. The highest BCUT2D eigenvalue weighted by atomic mass is 31.2. The quantitative estimate of drug-likeness (QED) is 0.0244. The first kappa shape index (κ1) is 57.5. The first-order chi connectivity index (χ1) is 28.5. The Hall–Kier alpha value is -1.54. The molecule has 346 valence electrons. The number of nitrogens with zero attached hydrogens (tertiary/aromatic N) is 1. The fourth-order valence-electron chi connectivity index (χ4n) is 6.83. The van der Waals surface area contributed by atoms with E-state index in [-0.39, 0.29) is 19.1 Å². The van der Waals surface area contributed by atoms with Crippen molar-refractivity contribution in [2.45, 2.75) is 225 Å². The van der Waals surface area contributed by atoms with E-state index in [1.54, 1.807) is 6.08 Å². The molecule has 0 saturated heterocycles. The van der Waals surface area contributed by atoms with Gasteiger partial charge in [-0.05, 0) is 70.6 Å². The lowest BCUT2D eigenvalue weighted by atomic mass is 10.1. The third-order valence-electron chi connectivity index (χ3n) is 10.7. The highest BCUT2D eigenvalue weighted by molar-refractivity contribution is 7.47. The Balaban J connectivity index is 4.45. The van der Waals surface area contributed by atoms with Gasteiger partial charge in [-0.15, -0.1) is 0 Å². The molecule has 1 amide bonds. The van der Waals surface area contributed by atoms with Gasteiger partial charge in [0.2, 0.25) is 5.91 Å². The lowest BCUT2D eigenvalue weighted by Gasteiger charge is -2.25. The molecule has 0 aromatic heterocycles. The second-order valence-corrected chi connectivity index (χ2v) is 19.3. The second kappa shape index (κ2) is 41.8. The summed E-state index contributed by atoms with van der Waals surface area (Å²) in [5.74, 6) is -0.200. The Bertz CT molecular complexity index is 1100. The van der Waals surface area contributed by atoms with Crippen molar-refractivity contribution in [3.8, 4) is 0 Å². The summed E-state index contributed by atoms with van der Waals surface area (Å²) in [6.45, 7) is 4.78. The molecular formula is C50H96N2O6P+. The summed E-state index contributed by atoms with van der Waals surface area (Å²) in [5, 5.41) is 13.8. The van der Waals surface area contributed by atoms with Crippen LogP contribution in [0.2, 0.25) is 0 Å². The van der Waals surface area contributed by atoms with Crippen LogP contribution in [0.25, 0.3) is 0 Å². The van der Waals surface area contributed by atoms with E-state index < -0.39 is 20.0 Å². The standard InChI is InChI=1S/C50H95N2O6P/c1-6-8-10-12-14-16-18-20-22-24-26-27-29-31-33-35-37-39-41-43-49(53)48(47-58-59(55,56)57-46-45-52(3,4)5)51-50(54)44-42-40-38-36-34-32-30-28-25-23-21-19-17-15-13-11-9-7-2/h26-28,30,33,35,41,43,48-49,53H,6-25,29,31-32,34,36-40,42,44-47H2,1-5H3,(H-,51,54,55,56)/p+1/b27-26+,30-28-,35-33+,43-41+. The zero-order valence-electron chi connectivity index (χ0n) is 39.2. The van der Waals surface area contributed by atoms with E-state index in [4.69, 9.17) is 9.05 Å². The molecule has 0 fully saturated rings. The van der Waals surface area contributed by atoms with Crippen molar-refractivity contribution in [1.82, 2.24) is 5.32 Å². The lowest BCUT2D eigenvalue weighted by molar-refractivity contribution is -0.870. The molecule has 0 saturated carbocycles. The Morgan fingerprint density at radius 2 is 0.932 bits per heavy atom. The van der Waals surface area contributed by atoms with Crippen molar-refractivity contribution in [2.75, 3.05) is 40.9 Å². The van der Waals surface area contributed by atoms with Crippen LogP contribution in [0.5, 0.6) is 0 Å². The number of rotatable bonds is 44. The number of carbonyl (C=O) groups is 1. The van der Waals surface area contributed by atoms with Crippen LogP contribution < -0.4 is 5.32 Å². The van der Waals surface area contributed by atoms with E-state index >= 15 is 0 Å². The smallest absolute Gasteiger partial charge is 0.387 e. The highest BCUT2D eigenvalue weighted by Gasteiger charge is 2.27. The van der Waals surface area contributed by atoms with Gasteiger partial charge in [0.15, 0.2) is 0 Å².